The third-order valence-corrected chi connectivity index (χ3v) is 5.79. The molecule has 0 saturated heterocycles. The van der Waals surface area contributed by atoms with E-state index in [1.807, 2.05) is 24.3 Å². The highest BCUT2D eigenvalue weighted by molar-refractivity contribution is 9.10. The van der Waals surface area contributed by atoms with E-state index in [9.17, 15) is 8.42 Å². The fraction of sp³-hybridized carbons (Fsp3) is 0.154. The van der Waals surface area contributed by atoms with E-state index in [1.165, 1.54) is 23.6 Å². The van der Waals surface area contributed by atoms with Gasteiger partial charge >= 0.3 is 0 Å². The Morgan fingerprint density at radius 3 is 2.60 bits per heavy atom. The third kappa shape index (κ3) is 3.20. The van der Waals surface area contributed by atoms with Crippen molar-refractivity contribution in [3.05, 3.63) is 57.8 Å². The van der Waals surface area contributed by atoms with Crippen molar-refractivity contribution >= 4 is 37.6 Å². The van der Waals surface area contributed by atoms with Crippen LogP contribution in [0.5, 0.6) is 0 Å². The van der Waals surface area contributed by atoms with E-state index >= 15 is 0 Å². The van der Waals surface area contributed by atoms with Crippen molar-refractivity contribution in [2.24, 2.45) is 0 Å². The first-order valence-corrected chi connectivity index (χ1v) is 8.34. The zero-order valence-corrected chi connectivity index (χ0v) is 13.8. The van der Waals surface area contributed by atoms with Crippen LogP contribution in [0.3, 0.4) is 0 Å². The Bertz CT molecular complexity index is 722. The Balaban J connectivity index is 2.31. The van der Waals surface area contributed by atoms with E-state index in [1.54, 1.807) is 6.07 Å². The molecule has 1 heterocycles. The van der Waals surface area contributed by atoms with Gasteiger partial charge in [-0.2, -0.15) is 4.31 Å². The highest BCUT2D eigenvalue weighted by Gasteiger charge is 2.24. The first kappa shape index (κ1) is 15.4. The summed E-state index contributed by atoms with van der Waals surface area (Å²) in [7, 11) is -2.15. The molecule has 0 fully saturated rings. The van der Waals surface area contributed by atoms with Crippen LogP contribution in [0.2, 0.25) is 5.15 Å². The number of rotatable bonds is 4. The average Bonchev–Trinajstić information content (AvgIpc) is 2.41. The Hall–Kier alpha value is -0.950. The van der Waals surface area contributed by atoms with E-state index in [4.69, 9.17) is 11.6 Å². The first-order valence-electron chi connectivity index (χ1n) is 5.73. The predicted molar refractivity (Wildman–Crippen MR) is 82.0 cm³/mol. The van der Waals surface area contributed by atoms with Crippen molar-refractivity contribution in [1.29, 1.82) is 0 Å². The van der Waals surface area contributed by atoms with Crippen LogP contribution in [0.25, 0.3) is 0 Å². The summed E-state index contributed by atoms with van der Waals surface area (Å²) in [4.78, 5) is 3.81. The Labute approximate surface area is 131 Å². The van der Waals surface area contributed by atoms with Crippen molar-refractivity contribution in [1.82, 2.24) is 9.29 Å². The Kier molecular flexibility index (Phi) is 4.80. The van der Waals surface area contributed by atoms with E-state index in [-0.39, 0.29) is 16.6 Å². The van der Waals surface area contributed by atoms with Gasteiger partial charge in [0.15, 0.2) is 0 Å². The van der Waals surface area contributed by atoms with E-state index in [2.05, 4.69) is 20.9 Å². The van der Waals surface area contributed by atoms with Gasteiger partial charge in [-0.15, -0.1) is 0 Å². The Morgan fingerprint density at radius 2 is 1.95 bits per heavy atom. The molecule has 0 radical (unpaired) electrons. The lowest BCUT2D eigenvalue weighted by molar-refractivity contribution is 0.466. The van der Waals surface area contributed by atoms with Crippen molar-refractivity contribution in [3.8, 4) is 0 Å². The molecule has 106 valence electrons. The highest BCUT2D eigenvalue weighted by Crippen LogP contribution is 2.24. The maximum absolute atomic E-state index is 12.5. The average molecular weight is 376 g/mol. The van der Waals surface area contributed by atoms with Crippen LogP contribution in [-0.2, 0) is 16.6 Å². The van der Waals surface area contributed by atoms with E-state index in [0.29, 0.717) is 0 Å². The summed E-state index contributed by atoms with van der Waals surface area (Å²) < 4.78 is 27.0. The fourth-order valence-electron chi connectivity index (χ4n) is 1.68. The van der Waals surface area contributed by atoms with Gasteiger partial charge in [0.25, 0.3) is 0 Å². The monoisotopic (exact) mass is 374 g/mol. The van der Waals surface area contributed by atoms with Gasteiger partial charge in [-0.25, -0.2) is 13.4 Å². The van der Waals surface area contributed by atoms with Crippen LogP contribution in [0.1, 0.15) is 5.56 Å². The molecular weight excluding hydrogens is 364 g/mol. The zero-order valence-electron chi connectivity index (χ0n) is 10.6. The van der Waals surface area contributed by atoms with Crippen molar-refractivity contribution in [3.63, 3.8) is 0 Å². The minimum atomic E-state index is -3.67. The number of nitrogens with zero attached hydrogens (tertiary/aromatic N) is 2. The lowest BCUT2D eigenvalue weighted by Gasteiger charge is -2.18. The summed E-state index contributed by atoms with van der Waals surface area (Å²) in [5, 5.41) is -0.0218. The molecule has 0 spiro atoms. The summed E-state index contributed by atoms with van der Waals surface area (Å²) in [6.07, 6.45) is 1.45. The Morgan fingerprint density at radius 1 is 1.25 bits per heavy atom. The molecule has 0 N–H and O–H groups in total. The molecule has 0 atom stereocenters. The lowest BCUT2D eigenvalue weighted by Crippen LogP contribution is -2.27. The molecule has 2 rings (SSSR count). The van der Waals surface area contributed by atoms with Gasteiger partial charge in [-0.3, -0.25) is 0 Å². The van der Waals surface area contributed by atoms with Crippen LogP contribution >= 0.6 is 27.5 Å². The molecule has 7 heteroatoms. The number of benzene rings is 1. The molecule has 1 aromatic heterocycles. The van der Waals surface area contributed by atoms with Gasteiger partial charge in [0.1, 0.15) is 10.0 Å². The molecule has 0 aliphatic carbocycles. The van der Waals surface area contributed by atoms with Gasteiger partial charge in [-0.1, -0.05) is 45.7 Å². The summed E-state index contributed by atoms with van der Waals surface area (Å²) in [5.74, 6) is 0. The van der Waals surface area contributed by atoms with Crippen LogP contribution < -0.4 is 0 Å². The molecule has 4 nitrogen and oxygen atoms in total. The molecule has 0 unspecified atom stereocenters. The summed E-state index contributed by atoms with van der Waals surface area (Å²) in [5.41, 5.74) is 0.874. The standard InChI is InChI=1S/C13H12BrClN2O2S/c1-17(9-10-5-2-3-6-11(10)14)20(18,19)12-7-4-8-16-13(12)15/h2-8H,9H2,1H3. The van der Waals surface area contributed by atoms with E-state index < -0.39 is 10.0 Å². The topological polar surface area (TPSA) is 50.3 Å². The third-order valence-electron chi connectivity index (χ3n) is 2.76. The number of sulfonamides is 1. The maximum atomic E-state index is 12.5. The van der Waals surface area contributed by atoms with Gasteiger partial charge < -0.3 is 0 Å². The van der Waals surface area contributed by atoms with Crippen molar-refractivity contribution < 1.29 is 8.42 Å². The molecule has 0 amide bonds. The van der Waals surface area contributed by atoms with Crippen LogP contribution in [0.15, 0.2) is 52.0 Å². The molecule has 0 aliphatic heterocycles. The normalized spacial score (nSPS) is 11.8. The van der Waals surface area contributed by atoms with Crippen molar-refractivity contribution in [2.75, 3.05) is 7.05 Å². The molecule has 0 aliphatic rings. The number of aromatic nitrogens is 1. The lowest BCUT2D eigenvalue weighted by atomic mass is 10.2. The fourth-order valence-corrected chi connectivity index (χ4v) is 3.67. The number of halogens is 2. The molecule has 2 aromatic rings. The molecule has 20 heavy (non-hydrogen) atoms. The maximum Gasteiger partial charge on any atom is 0.246 e. The van der Waals surface area contributed by atoms with Crippen molar-refractivity contribution in [2.45, 2.75) is 11.4 Å². The van der Waals surface area contributed by atoms with E-state index in [0.717, 1.165) is 10.0 Å². The quantitative estimate of drug-likeness (QED) is 0.770. The second kappa shape index (κ2) is 6.22. The van der Waals surface area contributed by atoms with Crippen LogP contribution in [0, 0.1) is 0 Å². The smallest absolute Gasteiger partial charge is 0.243 e. The van der Waals surface area contributed by atoms with Gasteiger partial charge in [0, 0.05) is 24.3 Å². The molecule has 1 aromatic carbocycles. The minimum Gasteiger partial charge on any atom is -0.243 e. The second-order valence-electron chi connectivity index (χ2n) is 4.14. The zero-order chi connectivity index (χ0) is 14.8. The van der Waals surface area contributed by atoms with Crippen LogP contribution in [0.4, 0.5) is 0 Å². The number of hydrogen-bond acceptors (Lipinski definition) is 3. The summed E-state index contributed by atoms with van der Waals surface area (Å²) in [6, 6.07) is 10.5. The molecule has 0 bridgehead atoms. The summed E-state index contributed by atoms with van der Waals surface area (Å²) >= 11 is 9.26. The number of pyridine rings is 1. The van der Waals surface area contributed by atoms with Gasteiger partial charge in [0.2, 0.25) is 10.0 Å². The minimum absolute atomic E-state index is 0.0104. The number of hydrogen-bond donors (Lipinski definition) is 0. The molecular formula is C13H12BrClN2O2S. The summed E-state index contributed by atoms with van der Waals surface area (Å²) in [6.45, 7) is 0.245. The van der Waals surface area contributed by atoms with Gasteiger partial charge in [-0.05, 0) is 23.8 Å². The SMILES string of the molecule is CN(Cc1ccccc1Br)S(=O)(=O)c1cccnc1Cl. The first-order chi connectivity index (χ1) is 9.43. The largest absolute Gasteiger partial charge is 0.246 e. The highest BCUT2D eigenvalue weighted by atomic mass is 79.9. The molecule has 0 saturated carbocycles. The van der Waals surface area contributed by atoms with Crippen LogP contribution in [-0.4, -0.2) is 24.8 Å². The second-order valence-corrected chi connectivity index (χ2v) is 7.37. The van der Waals surface area contributed by atoms with Gasteiger partial charge in [0.05, 0.1) is 0 Å². The predicted octanol–water partition coefficient (Wildman–Crippen LogP) is 3.32.